The van der Waals surface area contributed by atoms with Crippen molar-refractivity contribution >= 4 is 42.2 Å². The first-order chi connectivity index (χ1) is 13.1. The number of rotatable bonds is 10. The third-order valence-corrected chi connectivity index (χ3v) is 4.70. The van der Waals surface area contributed by atoms with Crippen LogP contribution in [0.2, 0.25) is 0 Å². The minimum atomic E-state index is -1.33. The highest BCUT2D eigenvalue weighted by Crippen LogP contribution is 2.18. The Hall–Kier alpha value is -2.34. The predicted molar refractivity (Wildman–Crippen MR) is 102 cm³/mol. The molecule has 4 atom stereocenters. The molecule has 1 aliphatic heterocycles. The molecule has 1 saturated heterocycles. The quantitative estimate of drug-likeness (QED) is 0.213. The molecular formula is C16H27N5O6S. The average Bonchev–Trinajstić information content (AvgIpc) is 3.11. The molecule has 0 aliphatic carbocycles. The Morgan fingerprint density at radius 1 is 1.21 bits per heavy atom. The standard InChI is InChI=1S/C16H27N5O6S/c1-8(17)15(25)21-6-2-3-11(21)14(24)20-10(7-28)13(23)19-9(16(26)27)4-5-12(18)22/h8-11,28H,2-7,17H2,1H3,(H2,18,22)(H,19,23)(H,20,24)(H,26,27). The van der Waals surface area contributed by atoms with Gasteiger partial charge in [-0.3, -0.25) is 19.2 Å². The number of primary amides is 1. The zero-order chi connectivity index (χ0) is 21.4. The van der Waals surface area contributed by atoms with Crippen molar-refractivity contribution < 1.29 is 29.1 Å². The van der Waals surface area contributed by atoms with Crippen molar-refractivity contribution in [3.8, 4) is 0 Å². The van der Waals surface area contributed by atoms with Crippen LogP contribution in [0.5, 0.6) is 0 Å². The van der Waals surface area contributed by atoms with E-state index in [1.54, 1.807) is 0 Å². The maximum atomic E-state index is 12.6. The summed E-state index contributed by atoms with van der Waals surface area (Å²) in [5, 5.41) is 13.9. The molecular weight excluding hydrogens is 390 g/mol. The van der Waals surface area contributed by atoms with E-state index in [-0.39, 0.29) is 24.5 Å². The summed E-state index contributed by atoms with van der Waals surface area (Å²) in [5.41, 5.74) is 10.6. The van der Waals surface area contributed by atoms with Gasteiger partial charge in [0.2, 0.25) is 23.6 Å². The molecule has 4 amide bonds. The summed E-state index contributed by atoms with van der Waals surface area (Å²) in [6.45, 7) is 1.92. The summed E-state index contributed by atoms with van der Waals surface area (Å²) in [6.07, 6.45) is 0.665. The topological polar surface area (TPSA) is 185 Å². The molecule has 12 heteroatoms. The molecule has 28 heavy (non-hydrogen) atoms. The zero-order valence-corrected chi connectivity index (χ0v) is 16.5. The van der Waals surface area contributed by atoms with E-state index in [1.165, 1.54) is 11.8 Å². The fraction of sp³-hybridized carbons (Fsp3) is 0.688. The second-order valence-electron chi connectivity index (χ2n) is 6.63. The molecule has 0 aromatic carbocycles. The number of aliphatic carboxylic acids is 1. The molecule has 1 fully saturated rings. The van der Waals surface area contributed by atoms with Gasteiger partial charge in [0, 0.05) is 18.7 Å². The van der Waals surface area contributed by atoms with Crippen LogP contribution in [0.25, 0.3) is 0 Å². The Morgan fingerprint density at radius 3 is 2.36 bits per heavy atom. The molecule has 0 spiro atoms. The van der Waals surface area contributed by atoms with Crippen molar-refractivity contribution in [3.63, 3.8) is 0 Å². The highest BCUT2D eigenvalue weighted by atomic mass is 32.1. The fourth-order valence-electron chi connectivity index (χ4n) is 2.84. The summed E-state index contributed by atoms with van der Waals surface area (Å²) in [7, 11) is 0. The minimum absolute atomic E-state index is 0.0896. The predicted octanol–water partition coefficient (Wildman–Crippen LogP) is -2.43. The maximum absolute atomic E-state index is 12.6. The number of hydrogen-bond acceptors (Lipinski definition) is 7. The van der Waals surface area contributed by atoms with Gasteiger partial charge < -0.3 is 32.1 Å². The molecule has 158 valence electrons. The van der Waals surface area contributed by atoms with E-state index in [1.807, 2.05) is 0 Å². The first kappa shape index (κ1) is 23.7. The summed E-state index contributed by atoms with van der Waals surface area (Å²) in [5.74, 6) is -3.77. The van der Waals surface area contributed by atoms with E-state index in [0.717, 1.165) is 0 Å². The SMILES string of the molecule is CC(N)C(=O)N1CCCC1C(=O)NC(CS)C(=O)NC(CCC(N)=O)C(=O)O. The molecule has 0 saturated carbocycles. The second-order valence-corrected chi connectivity index (χ2v) is 6.99. The molecule has 0 bridgehead atoms. The van der Waals surface area contributed by atoms with Crippen LogP contribution in [0, 0.1) is 0 Å². The Kier molecular flexibility index (Phi) is 9.19. The third-order valence-electron chi connectivity index (χ3n) is 4.34. The van der Waals surface area contributed by atoms with E-state index in [2.05, 4.69) is 23.3 Å². The van der Waals surface area contributed by atoms with Gasteiger partial charge in [-0.15, -0.1) is 0 Å². The van der Waals surface area contributed by atoms with E-state index >= 15 is 0 Å². The van der Waals surface area contributed by atoms with Crippen molar-refractivity contribution in [1.82, 2.24) is 15.5 Å². The number of hydrogen-bond donors (Lipinski definition) is 6. The van der Waals surface area contributed by atoms with Crippen molar-refractivity contribution in [3.05, 3.63) is 0 Å². The first-order valence-corrected chi connectivity index (χ1v) is 9.50. The number of nitrogens with two attached hydrogens (primary N) is 2. The van der Waals surface area contributed by atoms with Crippen molar-refractivity contribution in [1.29, 1.82) is 0 Å². The molecule has 0 aromatic rings. The number of carbonyl (C=O) groups is 5. The number of likely N-dealkylation sites (tertiary alicyclic amines) is 1. The van der Waals surface area contributed by atoms with E-state index in [0.29, 0.717) is 19.4 Å². The van der Waals surface area contributed by atoms with E-state index < -0.39 is 47.9 Å². The molecule has 1 aliphatic rings. The number of nitrogens with zero attached hydrogens (tertiary/aromatic N) is 1. The van der Waals surface area contributed by atoms with Gasteiger partial charge >= 0.3 is 5.97 Å². The number of carboxylic acids is 1. The Balaban J connectivity index is 2.74. The molecule has 1 heterocycles. The Morgan fingerprint density at radius 2 is 1.86 bits per heavy atom. The smallest absolute Gasteiger partial charge is 0.326 e. The number of nitrogens with one attached hydrogen (secondary N) is 2. The van der Waals surface area contributed by atoms with Crippen molar-refractivity contribution in [2.75, 3.05) is 12.3 Å². The van der Waals surface area contributed by atoms with Gasteiger partial charge in [-0.2, -0.15) is 12.6 Å². The molecule has 0 aromatic heterocycles. The normalized spacial score (nSPS) is 19.4. The lowest BCUT2D eigenvalue weighted by Crippen LogP contribution is -2.57. The zero-order valence-electron chi connectivity index (χ0n) is 15.6. The second kappa shape index (κ2) is 10.9. The van der Waals surface area contributed by atoms with Gasteiger partial charge in [-0.25, -0.2) is 4.79 Å². The lowest BCUT2D eigenvalue weighted by Gasteiger charge is -2.27. The first-order valence-electron chi connectivity index (χ1n) is 8.87. The van der Waals surface area contributed by atoms with Crippen LogP contribution >= 0.6 is 12.6 Å². The highest BCUT2D eigenvalue weighted by Gasteiger charge is 2.36. The molecule has 1 rings (SSSR count). The van der Waals surface area contributed by atoms with Gasteiger partial charge in [0.25, 0.3) is 0 Å². The van der Waals surface area contributed by atoms with Crippen LogP contribution < -0.4 is 22.1 Å². The van der Waals surface area contributed by atoms with Gasteiger partial charge in [0.05, 0.1) is 6.04 Å². The van der Waals surface area contributed by atoms with Crippen LogP contribution in [0.3, 0.4) is 0 Å². The highest BCUT2D eigenvalue weighted by molar-refractivity contribution is 7.80. The largest absolute Gasteiger partial charge is 0.480 e. The number of carbonyl (C=O) groups excluding carboxylic acids is 4. The van der Waals surface area contributed by atoms with Crippen LogP contribution in [0.15, 0.2) is 0 Å². The fourth-order valence-corrected chi connectivity index (χ4v) is 3.10. The number of thiol groups is 1. The van der Waals surface area contributed by atoms with E-state index in [9.17, 15) is 24.0 Å². The van der Waals surface area contributed by atoms with Crippen LogP contribution in [-0.2, 0) is 24.0 Å². The average molecular weight is 417 g/mol. The van der Waals surface area contributed by atoms with Gasteiger partial charge in [0.1, 0.15) is 18.1 Å². The minimum Gasteiger partial charge on any atom is -0.480 e. The van der Waals surface area contributed by atoms with Gasteiger partial charge in [-0.1, -0.05) is 0 Å². The number of carboxylic acid groups (broad SMARTS) is 1. The summed E-state index contributed by atoms with van der Waals surface area (Å²) in [6, 6.07) is -3.95. The lowest BCUT2D eigenvalue weighted by molar-refractivity contribution is -0.143. The van der Waals surface area contributed by atoms with Crippen molar-refractivity contribution in [2.45, 2.75) is 56.8 Å². The van der Waals surface area contributed by atoms with Crippen molar-refractivity contribution in [2.24, 2.45) is 11.5 Å². The van der Waals surface area contributed by atoms with Crippen LogP contribution in [0.1, 0.15) is 32.6 Å². The summed E-state index contributed by atoms with van der Waals surface area (Å²) < 4.78 is 0. The third kappa shape index (κ3) is 6.68. The summed E-state index contributed by atoms with van der Waals surface area (Å²) in [4.78, 5) is 60.5. The number of amides is 4. The summed E-state index contributed by atoms with van der Waals surface area (Å²) >= 11 is 4.03. The monoisotopic (exact) mass is 417 g/mol. The van der Waals surface area contributed by atoms with E-state index in [4.69, 9.17) is 16.6 Å². The Labute approximate surface area is 168 Å². The molecule has 7 N–H and O–H groups in total. The van der Waals surface area contributed by atoms with Gasteiger partial charge in [0.15, 0.2) is 0 Å². The van der Waals surface area contributed by atoms with Gasteiger partial charge in [-0.05, 0) is 26.2 Å². The lowest BCUT2D eigenvalue weighted by atomic mass is 10.1. The Bertz CT molecular complexity index is 629. The maximum Gasteiger partial charge on any atom is 0.326 e. The van der Waals surface area contributed by atoms with Crippen LogP contribution in [0.4, 0.5) is 0 Å². The molecule has 11 nitrogen and oxygen atoms in total. The van der Waals surface area contributed by atoms with Crippen LogP contribution in [-0.4, -0.2) is 76.1 Å². The molecule has 4 unspecified atom stereocenters. The molecule has 0 radical (unpaired) electrons.